The van der Waals surface area contributed by atoms with E-state index < -0.39 is 11.9 Å². The number of hydrogen-bond acceptors (Lipinski definition) is 3. The SMILES string of the molecule is CCC(C(=O)O)c1sc(-c2ccccc2)nc1C. The Morgan fingerprint density at radius 3 is 2.61 bits per heavy atom. The molecule has 94 valence electrons. The van der Waals surface area contributed by atoms with Gasteiger partial charge in [0.25, 0.3) is 0 Å². The van der Waals surface area contributed by atoms with Crippen molar-refractivity contribution in [2.75, 3.05) is 0 Å². The molecule has 1 aromatic heterocycles. The van der Waals surface area contributed by atoms with Crippen molar-refractivity contribution in [2.45, 2.75) is 26.2 Å². The number of carboxylic acids is 1. The molecule has 0 aliphatic carbocycles. The molecule has 2 rings (SSSR count). The van der Waals surface area contributed by atoms with E-state index in [0.29, 0.717) is 6.42 Å². The third kappa shape index (κ3) is 2.43. The highest BCUT2D eigenvalue weighted by molar-refractivity contribution is 7.15. The fourth-order valence-electron chi connectivity index (χ4n) is 1.91. The summed E-state index contributed by atoms with van der Waals surface area (Å²) in [6.45, 7) is 3.77. The minimum Gasteiger partial charge on any atom is -0.481 e. The summed E-state index contributed by atoms with van der Waals surface area (Å²) in [6, 6.07) is 9.85. The normalized spacial score (nSPS) is 12.3. The molecule has 3 nitrogen and oxygen atoms in total. The van der Waals surface area contributed by atoms with Crippen LogP contribution in [0.25, 0.3) is 10.6 Å². The van der Waals surface area contributed by atoms with Gasteiger partial charge in [-0.1, -0.05) is 37.3 Å². The largest absolute Gasteiger partial charge is 0.481 e. The second kappa shape index (κ2) is 5.31. The second-order valence-corrected chi connectivity index (χ2v) is 5.16. The Hall–Kier alpha value is -1.68. The molecule has 18 heavy (non-hydrogen) atoms. The number of aryl methyl sites for hydroxylation is 1. The topological polar surface area (TPSA) is 50.2 Å². The van der Waals surface area contributed by atoms with Crippen molar-refractivity contribution in [3.05, 3.63) is 40.9 Å². The number of carbonyl (C=O) groups is 1. The van der Waals surface area contributed by atoms with Crippen molar-refractivity contribution in [1.29, 1.82) is 0 Å². The molecule has 1 heterocycles. The first-order valence-electron chi connectivity index (χ1n) is 5.89. The van der Waals surface area contributed by atoms with Crippen molar-refractivity contribution >= 4 is 17.3 Å². The summed E-state index contributed by atoms with van der Waals surface area (Å²) >= 11 is 1.48. The van der Waals surface area contributed by atoms with Crippen molar-refractivity contribution < 1.29 is 9.90 Å². The number of hydrogen-bond donors (Lipinski definition) is 1. The van der Waals surface area contributed by atoms with Crippen LogP contribution in [-0.2, 0) is 4.79 Å². The van der Waals surface area contributed by atoms with E-state index >= 15 is 0 Å². The molecule has 0 saturated carbocycles. The maximum Gasteiger partial charge on any atom is 0.311 e. The first kappa shape index (κ1) is 12.8. The van der Waals surface area contributed by atoms with Crippen LogP contribution in [0.15, 0.2) is 30.3 Å². The van der Waals surface area contributed by atoms with E-state index in [-0.39, 0.29) is 0 Å². The smallest absolute Gasteiger partial charge is 0.311 e. The molecular formula is C14H15NO2S. The van der Waals surface area contributed by atoms with E-state index in [2.05, 4.69) is 4.98 Å². The van der Waals surface area contributed by atoms with Crippen LogP contribution in [0.1, 0.15) is 29.8 Å². The average molecular weight is 261 g/mol. The van der Waals surface area contributed by atoms with E-state index in [1.165, 1.54) is 11.3 Å². The van der Waals surface area contributed by atoms with Gasteiger partial charge in [0.15, 0.2) is 0 Å². The molecule has 0 fully saturated rings. The van der Waals surface area contributed by atoms with Crippen LogP contribution in [0, 0.1) is 6.92 Å². The molecular weight excluding hydrogens is 246 g/mol. The first-order valence-corrected chi connectivity index (χ1v) is 6.70. The van der Waals surface area contributed by atoms with Gasteiger partial charge in [-0.15, -0.1) is 11.3 Å². The van der Waals surface area contributed by atoms with Crippen LogP contribution in [0.4, 0.5) is 0 Å². The molecule has 0 aliphatic heterocycles. The number of benzene rings is 1. The number of nitrogens with zero attached hydrogens (tertiary/aromatic N) is 1. The molecule has 0 amide bonds. The lowest BCUT2D eigenvalue weighted by Gasteiger charge is -2.06. The Kier molecular flexibility index (Phi) is 3.77. The number of thiazole rings is 1. The lowest BCUT2D eigenvalue weighted by molar-refractivity contribution is -0.138. The number of aliphatic carboxylic acids is 1. The second-order valence-electron chi connectivity index (χ2n) is 4.13. The molecule has 4 heteroatoms. The van der Waals surface area contributed by atoms with Gasteiger partial charge in [-0.2, -0.15) is 0 Å². The predicted octanol–water partition coefficient (Wildman–Crippen LogP) is 3.70. The minimum absolute atomic E-state index is 0.444. The Bertz CT molecular complexity index is 548. The fraction of sp³-hybridized carbons (Fsp3) is 0.286. The van der Waals surface area contributed by atoms with Crippen LogP contribution < -0.4 is 0 Å². The van der Waals surface area contributed by atoms with Gasteiger partial charge in [-0.25, -0.2) is 4.98 Å². The zero-order chi connectivity index (χ0) is 13.1. The van der Waals surface area contributed by atoms with E-state index in [1.807, 2.05) is 44.2 Å². The highest BCUT2D eigenvalue weighted by Crippen LogP contribution is 2.34. The third-order valence-electron chi connectivity index (χ3n) is 2.88. The molecule has 0 spiro atoms. The summed E-state index contributed by atoms with van der Waals surface area (Å²) in [5.41, 5.74) is 1.87. The number of rotatable bonds is 4. The maximum atomic E-state index is 11.2. The fourth-order valence-corrected chi connectivity index (χ4v) is 3.16. The zero-order valence-electron chi connectivity index (χ0n) is 10.4. The van der Waals surface area contributed by atoms with Crippen LogP contribution in [0.5, 0.6) is 0 Å². The van der Waals surface area contributed by atoms with Gasteiger partial charge in [0.2, 0.25) is 0 Å². The van der Waals surface area contributed by atoms with Crippen molar-refractivity contribution in [3.8, 4) is 10.6 Å². The van der Waals surface area contributed by atoms with Crippen molar-refractivity contribution in [3.63, 3.8) is 0 Å². The summed E-state index contributed by atoms with van der Waals surface area (Å²) in [5, 5.41) is 10.1. The maximum absolute atomic E-state index is 11.2. The standard InChI is InChI=1S/C14H15NO2S/c1-3-11(14(16)17)12-9(2)15-13(18-12)10-7-5-4-6-8-10/h4-8,11H,3H2,1-2H3,(H,16,17). The van der Waals surface area contributed by atoms with Gasteiger partial charge in [0.1, 0.15) is 5.01 Å². The van der Waals surface area contributed by atoms with Gasteiger partial charge in [0.05, 0.1) is 11.6 Å². The Morgan fingerprint density at radius 1 is 1.39 bits per heavy atom. The summed E-state index contributed by atoms with van der Waals surface area (Å²) in [6.07, 6.45) is 0.590. The molecule has 1 aromatic carbocycles. The van der Waals surface area contributed by atoms with Crippen molar-refractivity contribution in [2.24, 2.45) is 0 Å². The lowest BCUT2D eigenvalue weighted by Crippen LogP contribution is -2.09. The third-order valence-corrected chi connectivity index (χ3v) is 4.20. The summed E-state index contributed by atoms with van der Waals surface area (Å²) in [7, 11) is 0. The Balaban J connectivity index is 2.41. The van der Waals surface area contributed by atoms with Crippen molar-refractivity contribution in [1.82, 2.24) is 4.98 Å². The molecule has 1 N–H and O–H groups in total. The zero-order valence-corrected chi connectivity index (χ0v) is 11.2. The van der Waals surface area contributed by atoms with E-state index in [1.54, 1.807) is 0 Å². The predicted molar refractivity (Wildman–Crippen MR) is 73.0 cm³/mol. The first-order chi connectivity index (χ1) is 8.63. The average Bonchev–Trinajstić information content (AvgIpc) is 2.73. The number of carboxylic acid groups (broad SMARTS) is 1. The van der Waals surface area contributed by atoms with Gasteiger partial charge in [0, 0.05) is 10.4 Å². The summed E-state index contributed by atoms with van der Waals surface area (Å²) in [5.74, 6) is -1.22. The lowest BCUT2D eigenvalue weighted by atomic mass is 10.0. The van der Waals surface area contributed by atoms with E-state index in [9.17, 15) is 9.90 Å². The highest BCUT2D eigenvalue weighted by Gasteiger charge is 2.23. The van der Waals surface area contributed by atoms with Crippen LogP contribution in [0.2, 0.25) is 0 Å². The Morgan fingerprint density at radius 2 is 2.06 bits per heavy atom. The molecule has 0 aliphatic rings. The molecule has 0 radical (unpaired) electrons. The summed E-state index contributed by atoms with van der Waals surface area (Å²) in [4.78, 5) is 16.6. The van der Waals surface area contributed by atoms with Gasteiger partial charge in [-0.05, 0) is 13.3 Å². The highest BCUT2D eigenvalue weighted by atomic mass is 32.1. The number of aromatic nitrogens is 1. The summed E-state index contributed by atoms with van der Waals surface area (Å²) < 4.78 is 0. The molecule has 1 unspecified atom stereocenters. The van der Waals surface area contributed by atoms with Crippen LogP contribution >= 0.6 is 11.3 Å². The molecule has 2 aromatic rings. The minimum atomic E-state index is -0.774. The molecule has 0 bridgehead atoms. The monoisotopic (exact) mass is 261 g/mol. The van der Waals surface area contributed by atoms with E-state index in [4.69, 9.17) is 0 Å². The molecule has 1 atom stereocenters. The van der Waals surface area contributed by atoms with Crippen LogP contribution in [-0.4, -0.2) is 16.1 Å². The molecule has 0 saturated heterocycles. The quantitative estimate of drug-likeness (QED) is 0.913. The van der Waals surface area contributed by atoms with E-state index in [0.717, 1.165) is 21.1 Å². The Labute approximate surface area is 110 Å². The van der Waals surface area contributed by atoms with Crippen LogP contribution in [0.3, 0.4) is 0 Å². The van der Waals surface area contributed by atoms with Gasteiger partial charge < -0.3 is 5.11 Å². The van der Waals surface area contributed by atoms with Gasteiger partial charge in [-0.3, -0.25) is 4.79 Å². The van der Waals surface area contributed by atoms with Gasteiger partial charge >= 0.3 is 5.97 Å².